The Hall–Kier alpha value is -0.610. The van der Waals surface area contributed by atoms with Crippen LogP contribution in [0.5, 0.6) is 0 Å². The largest absolute Gasteiger partial charge is 0.481 e. The minimum absolute atomic E-state index is 0.0462. The van der Waals surface area contributed by atoms with Gasteiger partial charge in [-0.2, -0.15) is 0 Å². The number of carboxylic acid groups (broad SMARTS) is 1. The number of hydrogen-bond donors (Lipinski definition) is 2. The zero-order chi connectivity index (χ0) is 19.1. The smallest absolute Gasteiger partial charge is 0.303 e. The average molecular weight is 359 g/mol. The summed E-state index contributed by atoms with van der Waals surface area (Å²) in [5, 5.41) is 18.4. The molecule has 0 saturated carbocycles. The number of unbranched alkanes of at least 4 members (excludes halogenated alkanes) is 1. The minimum Gasteiger partial charge on any atom is -0.481 e. The Morgan fingerprint density at radius 3 is 2.16 bits per heavy atom. The van der Waals surface area contributed by atoms with E-state index in [2.05, 4.69) is 27.7 Å². The monoisotopic (exact) mass is 358 g/mol. The van der Waals surface area contributed by atoms with Crippen molar-refractivity contribution in [1.29, 1.82) is 0 Å². The highest BCUT2D eigenvalue weighted by Gasteiger charge is 2.28. The highest BCUT2D eigenvalue weighted by atomic mass is 16.5. The van der Waals surface area contributed by atoms with E-state index in [0.29, 0.717) is 18.6 Å². The number of carbonyl (C=O) groups is 1. The molecule has 4 heteroatoms. The average Bonchev–Trinajstić information content (AvgIpc) is 2.61. The number of aliphatic carboxylic acids is 1. The van der Waals surface area contributed by atoms with Crippen molar-refractivity contribution < 1.29 is 19.7 Å². The van der Waals surface area contributed by atoms with E-state index in [0.717, 1.165) is 70.8 Å². The van der Waals surface area contributed by atoms with Crippen molar-refractivity contribution in [3.8, 4) is 0 Å². The molecule has 0 bridgehead atoms. The Kier molecular flexibility index (Phi) is 14.2. The summed E-state index contributed by atoms with van der Waals surface area (Å²) < 4.78 is 6.02. The van der Waals surface area contributed by atoms with Gasteiger partial charge in [0.2, 0.25) is 0 Å². The van der Waals surface area contributed by atoms with Crippen LogP contribution >= 0.6 is 0 Å². The SMILES string of the molecule is CCC(CO)CCC[C@H](CC)OCCCCC(CC)(CC)CC(=O)O. The van der Waals surface area contributed by atoms with Crippen LogP contribution in [0.15, 0.2) is 0 Å². The van der Waals surface area contributed by atoms with Gasteiger partial charge < -0.3 is 14.9 Å². The summed E-state index contributed by atoms with van der Waals surface area (Å²) in [7, 11) is 0. The molecule has 0 radical (unpaired) electrons. The Morgan fingerprint density at radius 1 is 1.00 bits per heavy atom. The highest BCUT2D eigenvalue weighted by molar-refractivity contribution is 5.67. The highest BCUT2D eigenvalue weighted by Crippen LogP contribution is 2.36. The molecule has 0 aromatic carbocycles. The van der Waals surface area contributed by atoms with Crippen molar-refractivity contribution >= 4 is 5.97 Å². The van der Waals surface area contributed by atoms with Gasteiger partial charge in [0.15, 0.2) is 0 Å². The molecule has 0 aliphatic carbocycles. The summed E-state index contributed by atoms with van der Waals surface area (Å²) in [5.74, 6) is -0.248. The second-order valence-electron chi connectivity index (χ2n) is 7.52. The standard InChI is InChI=1S/C21H42O4/c1-5-18(17-22)12-11-13-19(6-2)25-15-10-9-14-21(7-3,8-4)16-20(23)24/h18-19,22H,5-17H2,1-4H3,(H,23,24)/t18?,19-/m0/s1. The third-order valence-corrected chi connectivity index (χ3v) is 5.91. The number of hydrogen-bond acceptors (Lipinski definition) is 3. The van der Waals surface area contributed by atoms with Gasteiger partial charge in [-0.15, -0.1) is 0 Å². The van der Waals surface area contributed by atoms with Crippen LogP contribution in [-0.2, 0) is 9.53 Å². The number of carboxylic acids is 1. The van der Waals surface area contributed by atoms with Gasteiger partial charge in [0.05, 0.1) is 12.5 Å². The molecular formula is C21H42O4. The van der Waals surface area contributed by atoms with E-state index < -0.39 is 5.97 Å². The molecule has 0 spiro atoms. The molecule has 2 N–H and O–H groups in total. The Morgan fingerprint density at radius 2 is 1.68 bits per heavy atom. The lowest BCUT2D eigenvalue weighted by atomic mass is 9.75. The summed E-state index contributed by atoms with van der Waals surface area (Å²) in [4.78, 5) is 11.1. The molecule has 0 aliphatic heterocycles. The maximum absolute atomic E-state index is 11.1. The van der Waals surface area contributed by atoms with E-state index in [1.165, 1.54) is 0 Å². The van der Waals surface area contributed by atoms with Gasteiger partial charge in [0.1, 0.15) is 0 Å². The summed E-state index contributed by atoms with van der Waals surface area (Å²) in [5.41, 5.74) is -0.0462. The summed E-state index contributed by atoms with van der Waals surface area (Å²) in [6.45, 7) is 9.57. The van der Waals surface area contributed by atoms with Gasteiger partial charge in [-0.25, -0.2) is 0 Å². The predicted octanol–water partition coefficient (Wildman–Crippen LogP) is 5.42. The molecule has 0 heterocycles. The van der Waals surface area contributed by atoms with Crippen LogP contribution in [0.4, 0.5) is 0 Å². The van der Waals surface area contributed by atoms with Crippen LogP contribution in [0, 0.1) is 11.3 Å². The minimum atomic E-state index is -0.681. The van der Waals surface area contributed by atoms with E-state index in [9.17, 15) is 9.90 Å². The molecular weight excluding hydrogens is 316 g/mol. The number of rotatable bonds is 17. The molecule has 4 nitrogen and oxygen atoms in total. The van der Waals surface area contributed by atoms with Crippen molar-refractivity contribution in [2.75, 3.05) is 13.2 Å². The topological polar surface area (TPSA) is 66.8 Å². The molecule has 0 amide bonds. The summed E-state index contributed by atoms with van der Waals surface area (Å²) in [6, 6.07) is 0. The normalized spacial score (nSPS) is 14.4. The third-order valence-electron chi connectivity index (χ3n) is 5.91. The van der Waals surface area contributed by atoms with Crippen LogP contribution in [0.1, 0.15) is 98.3 Å². The zero-order valence-corrected chi connectivity index (χ0v) is 17.1. The van der Waals surface area contributed by atoms with Gasteiger partial charge >= 0.3 is 5.97 Å². The van der Waals surface area contributed by atoms with Crippen LogP contribution in [0.3, 0.4) is 0 Å². The lowest BCUT2D eigenvalue weighted by Gasteiger charge is -2.30. The summed E-state index contributed by atoms with van der Waals surface area (Å²) in [6.07, 6.45) is 10.8. The lowest BCUT2D eigenvalue weighted by Crippen LogP contribution is -2.23. The molecule has 0 aliphatic rings. The van der Waals surface area contributed by atoms with Crippen molar-refractivity contribution in [3.63, 3.8) is 0 Å². The quantitative estimate of drug-likeness (QED) is 0.341. The fourth-order valence-electron chi connectivity index (χ4n) is 3.58. The Labute approximate surface area is 155 Å². The molecule has 150 valence electrons. The van der Waals surface area contributed by atoms with Gasteiger partial charge in [-0.3, -0.25) is 4.79 Å². The van der Waals surface area contributed by atoms with Gasteiger partial charge in [0.25, 0.3) is 0 Å². The first-order valence-electron chi connectivity index (χ1n) is 10.4. The molecule has 1 unspecified atom stereocenters. The van der Waals surface area contributed by atoms with Crippen molar-refractivity contribution in [2.24, 2.45) is 11.3 Å². The van der Waals surface area contributed by atoms with Crippen LogP contribution in [0.25, 0.3) is 0 Å². The van der Waals surface area contributed by atoms with Gasteiger partial charge in [0, 0.05) is 13.2 Å². The first-order chi connectivity index (χ1) is 12.0. The number of aliphatic hydroxyl groups excluding tert-OH is 1. The van der Waals surface area contributed by atoms with E-state index in [1.807, 2.05) is 0 Å². The van der Waals surface area contributed by atoms with E-state index in [-0.39, 0.29) is 11.8 Å². The van der Waals surface area contributed by atoms with Crippen molar-refractivity contribution in [2.45, 2.75) is 104 Å². The first-order valence-corrected chi connectivity index (χ1v) is 10.4. The third kappa shape index (κ3) is 10.9. The Bertz CT molecular complexity index is 322. The van der Waals surface area contributed by atoms with Crippen molar-refractivity contribution in [1.82, 2.24) is 0 Å². The Balaban J connectivity index is 4.00. The van der Waals surface area contributed by atoms with Crippen LogP contribution < -0.4 is 0 Å². The molecule has 0 saturated heterocycles. The van der Waals surface area contributed by atoms with Gasteiger partial charge in [-0.05, 0) is 56.3 Å². The second kappa shape index (κ2) is 14.5. The fourth-order valence-corrected chi connectivity index (χ4v) is 3.58. The van der Waals surface area contributed by atoms with E-state index >= 15 is 0 Å². The second-order valence-corrected chi connectivity index (χ2v) is 7.52. The molecule has 0 fully saturated rings. The van der Waals surface area contributed by atoms with Crippen molar-refractivity contribution in [3.05, 3.63) is 0 Å². The zero-order valence-electron chi connectivity index (χ0n) is 17.1. The molecule has 2 atom stereocenters. The number of ether oxygens (including phenoxy) is 1. The van der Waals surface area contributed by atoms with E-state index in [1.54, 1.807) is 0 Å². The predicted molar refractivity (Wildman–Crippen MR) is 104 cm³/mol. The lowest BCUT2D eigenvalue weighted by molar-refractivity contribution is -0.140. The van der Waals surface area contributed by atoms with Gasteiger partial charge in [-0.1, -0.05) is 47.0 Å². The number of aliphatic hydroxyl groups is 1. The summed E-state index contributed by atoms with van der Waals surface area (Å²) >= 11 is 0. The first kappa shape index (κ1) is 24.4. The molecule has 25 heavy (non-hydrogen) atoms. The molecule has 0 aromatic heterocycles. The maximum atomic E-state index is 11.1. The maximum Gasteiger partial charge on any atom is 0.303 e. The fraction of sp³-hybridized carbons (Fsp3) is 0.952. The van der Waals surface area contributed by atoms with Crippen LogP contribution in [-0.4, -0.2) is 35.5 Å². The van der Waals surface area contributed by atoms with Crippen LogP contribution in [0.2, 0.25) is 0 Å². The molecule has 0 aromatic rings. The van der Waals surface area contributed by atoms with E-state index in [4.69, 9.17) is 9.84 Å². The molecule has 0 rings (SSSR count).